The van der Waals surface area contributed by atoms with E-state index in [0.717, 1.165) is 5.56 Å². The number of carbonyl (C=O) groups excluding carboxylic acids is 1. The molecule has 0 bridgehead atoms. The van der Waals surface area contributed by atoms with Crippen molar-refractivity contribution >= 4 is 23.5 Å². The van der Waals surface area contributed by atoms with Crippen LogP contribution in [0.4, 0.5) is 0 Å². The van der Waals surface area contributed by atoms with Gasteiger partial charge in [0.25, 0.3) is 0 Å². The van der Waals surface area contributed by atoms with Crippen molar-refractivity contribution in [3.8, 4) is 11.5 Å². The fourth-order valence-electron chi connectivity index (χ4n) is 2.04. The van der Waals surface area contributed by atoms with Crippen LogP contribution < -0.4 is 9.47 Å². The average molecular weight is 355 g/mol. The van der Waals surface area contributed by atoms with E-state index in [2.05, 4.69) is 13.2 Å². The van der Waals surface area contributed by atoms with Gasteiger partial charge < -0.3 is 9.47 Å². The van der Waals surface area contributed by atoms with Gasteiger partial charge >= 0.3 is 0 Å². The summed E-state index contributed by atoms with van der Waals surface area (Å²) in [6.45, 7) is 8.01. The molecule has 128 valence electrons. The second-order valence-electron chi connectivity index (χ2n) is 5.11. The van der Waals surface area contributed by atoms with Gasteiger partial charge in [0.05, 0.1) is 0 Å². The van der Waals surface area contributed by atoms with Gasteiger partial charge in [-0.3, -0.25) is 4.79 Å². The Morgan fingerprint density at radius 2 is 1.60 bits per heavy atom. The van der Waals surface area contributed by atoms with E-state index in [1.165, 1.54) is 6.08 Å². The fourth-order valence-corrected chi connectivity index (χ4v) is 2.17. The molecule has 0 radical (unpaired) electrons. The maximum Gasteiger partial charge on any atom is 0.185 e. The van der Waals surface area contributed by atoms with Crippen LogP contribution in [0.3, 0.4) is 0 Å². The minimum absolute atomic E-state index is 0.0998. The second kappa shape index (κ2) is 9.50. The van der Waals surface area contributed by atoms with Gasteiger partial charge in [-0.2, -0.15) is 0 Å². The first-order chi connectivity index (χ1) is 12.1. The lowest BCUT2D eigenvalue weighted by Crippen LogP contribution is -1.99. The van der Waals surface area contributed by atoms with E-state index in [-0.39, 0.29) is 5.78 Å². The molecular formula is C21H19ClO3. The Morgan fingerprint density at radius 1 is 0.960 bits per heavy atom. The molecule has 25 heavy (non-hydrogen) atoms. The number of hydrogen-bond acceptors (Lipinski definition) is 3. The molecule has 2 aromatic rings. The summed E-state index contributed by atoms with van der Waals surface area (Å²) < 4.78 is 11.2. The third kappa shape index (κ3) is 5.66. The van der Waals surface area contributed by atoms with E-state index in [1.807, 2.05) is 12.1 Å². The van der Waals surface area contributed by atoms with Gasteiger partial charge in [0.1, 0.15) is 13.2 Å². The maximum atomic E-state index is 12.2. The Kier molecular flexibility index (Phi) is 7.05. The second-order valence-corrected chi connectivity index (χ2v) is 5.55. The average Bonchev–Trinajstić information content (AvgIpc) is 2.64. The summed E-state index contributed by atoms with van der Waals surface area (Å²) in [6, 6.07) is 12.2. The summed E-state index contributed by atoms with van der Waals surface area (Å²) >= 11 is 5.83. The Hall–Kier alpha value is -2.78. The van der Waals surface area contributed by atoms with Crippen LogP contribution in [0, 0.1) is 0 Å². The minimum atomic E-state index is -0.0998. The summed E-state index contributed by atoms with van der Waals surface area (Å²) in [5.74, 6) is 1.10. The quantitative estimate of drug-likeness (QED) is 0.345. The van der Waals surface area contributed by atoms with Gasteiger partial charge in [-0.1, -0.05) is 49.1 Å². The first-order valence-electron chi connectivity index (χ1n) is 7.73. The van der Waals surface area contributed by atoms with Crippen molar-refractivity contribution < 1.29 is 14.3 Å². The molecular weight excluding hydrogens is 336 g/mol. The molecule has 3 nitrogen and oxygen atoms in total. The zero-order valence-corrected chi connectivity index (χ0v) is 14.5. The molecule has 0 amide bonds. The van der Waals surface area contributed by atoms with Crippen molar-refractivity contribution in [2.24, 2.45) is 0 Å². The number of benzene rings is 2. The summed E-state index contributed by atoms with van der Waals surface area (Å²) in [4.78, 5) is 12.2. The molecule has 0 aliphatic carbocycles. The molecule has 0 N–H and O–H groups in total. The molecule has 0 saturated heterocycles. The molecule has 0 saturated carbocycles. The van der Waals surface area contributed by atoms with Crippen molar-refractivity contribution in [3.05, 3.63) is 90.0 Å². The lowest BCUT2D eigenvalue weighted by Gasteiger charge is -2.11. The summed E-state index contributed by atoms with van der Waals surface area (Å²) in [7, 11) is 0. The highest BCUT2D eigenvalue weighted by Crippen LogP contribution is 2.29. The predicted octanol–water partition coefficient (Wildman–Crippen LogP) is 5.37. The number of ketones is 1. The normalized spacial score (nSPS) is 10.4. The molecule has 2 aromatic carbocycles. The number of rotatable bonds is 9. The van der Waals surface area contributed by atoms with Gasteiger partial charge in [-0.25, -0.2) is 0 Å². The summed E-state index contributed by atoms with van der Waals surface area (Å²) in [5.41, 5.74) is 1.40. The molecule has 0 aliphatic rings. The van der Waals surface area contributed by atoms with E-state index >= 15 is 0 Å². The monoisotopic (exact) mass is 354 g/mol. The Balaban J connectivity index is 2.17. The predicted molar refractivity (Wildman–Crippen MR) is 103 cm³/mol. The van der Waals surface area contributed by atoms with E-state index in [9.17, 15) is 4.79 Å². The smallest absolute Gasteiger partial charge is 0.185 e. The molecule has 0 heterocycles. The highest BCUT2D eigenvalue weighted by Gasteiger charge is 2.06. The Morgan fingerprint density at radius 3 is 2.24 bits per heavy atom. The lowest BCUT2D eigenvalue weighted by atomic mass is 10.1. The molecule has 2 rings (SSSR count). The van der Waals surface area contributed by atoms with Crippen LogP contribution in [-0.2, 0) is 0 Å². The first kappa shape index (κ1) is 18.6. The van der Waals surface area contributed by atoms with Crippen molar-refractivity contribution in [2.45, 2.75) is 0 Å². The number of allylic oxidation sites excluding steroid dienone is 1. The highest BCUT2D eigenvalue weighted by molar-refractivity contribution is 6.30. The van der Waals surface area contributed by atoms with Gasteiger partial charge in [0, 0.05) is 10.6 Å². The van der Waals surface area contributed by atoms with Crippen LogP contribution in [-0.4, -0.2) is 19.0 Å². The number of hydrogen-bond donors (Lipinski definition) is 0. The van der Waals surface area contributed by atoms with Gasteiger partial charge in [0.15, 0.2) is 17.3 Å². The van der Waals surface area contributed by atoms with Crippen LogP contribution in [0.1, 0.15) is 15.9 Å². The van der Waals surface area contributed by atoms with Gasteiger partial charge in [-0.05, 0) is 48.0 Å². The third-order valence-electron chi connectivity index (χ3n) is 3.24. The third-order valence-corrected chi connectivity index (χ3v) is 3.49. The molecule has 4 heteroatoms. The minimum Gasteiger partial charge on any atom is -0.486 e. The first-order valence-corrected chi connectivity index (χ1v) is 8.11. The fraction of sp³-hybridized carbons (Fsp3) is 0.0952. The number of halogens is 1. The van der Waals surface area contributed by atoms with Crippen molar-refractivity contribution in [3.63, 3.8) is 0 Å². The lowest BCUT2D eigenvalue weighted by molar-refractivity contribution is 0.104. The largest absolute Gasteiger partial charge is 0.486 e. The van der Waals surface area contributed by atoms with Crippen LogP contribution in [0.2, 0.25) is 5.02 Å². The number of ether oxygens (including phenoxy) is 2. The molecule has 0 atom stereocenters. The maximum absolute atomic E-state index is 12.2. The zero-order valence-electron chi connectivity index (χ0n) is 13.8. The number of carbonyl (C=O) groups is 1. The van der Waals surface area contributed by atoms with Crippen LogP contribution in [0.25, 0.3) is 6.08 Å². The standard InChI is InChI=1S/C21H19ClO3/c1-3-13-24-20-12-6-16(15-21(20)25-14-4-2)5-11-19(23)17-7-9-18(22)10-8-17/h3-12,15H,1-2,13-14H2/b11-5+. The topological polar surface area (TPSA) is 35.5 Å². The molecule has 0 spiro atoms. The van der Waals surface area contributed by atoms with E-state index in [1.54, 1.807) is 48.6 Å². The van der Waals surface area contributed by atoms with Crippen LogP contribution >= 0.6 is 11.6 Å². The highest BCUT2D eigenvalue weighted by atomic mass is 35.5. The molecule has 0 fully saturated rings. The van der Waals surface area contributed by atoms with E-state index in [4.69, 9.17) is 21.1 Å². The Bertz CT molecular complexity index is 776. The van der Waals surface area contributed by atoms with Gasteiger partial charge in [0.2, 0.25) is 0 Å². The van der Waals surface area contributed by atoms with Crippen molar-refractivity contribution in [2.75, 3.05) is 13.2 Å². The van der Waals surface area contributed by atoms with Crippen LogP contribution in [0.5, 0.6) is 11.5 Å². The molecule has 0 aliphatic heterocycles. The van der Waals surface area contributed by atoms with Crippen molar-refractivity contribution in [1.29, 1.82) is 0 Å². The summed E-state index contributed by atoms with van der Waals surface area (Å²) in [5, 5.41) is 0.597. The molecule has 0 aromatic heterocycles. The van der Waals surface area contributed by atoms with Crippen LogP contribution in [0.15, 0.2) is 73.9 Å². The SMILES string of the molecule is C=CCOc1ccc(/C=C/C(=O)c2ccc(Cl)cc2)cc1OCC=C. The Labute approximate surface area is 152 Å². The van der Waals surface area contributed by atoms with Gasteiger partial charge in [-0.15, -0.1) is 0 Å². The van der Waals surface area contributed by atoms with E-state index in [0.29, 0.717) is 35.3 Å². The summed E-state index contributed by atoms with van der Waals surface area (Å²) in [6.07, 6.45) is 6.56. The van der Waals surface area contributed by atoms with Crippen molar-refractivity contribution in [1.82, 2.24) is 0 Å². The zero-order chi connectivity index (χ0) is 18.1. The molecule has 0 unspecified atom stereocenters. The van der Waals surface area contributed by atoms with E-state index < -0.39 is 0 Å².